The number of rotatable bonds is 6. The quantitative estimate of drug-likeness (QED) is 0.369. The lowest BCUT2D eigenvalue weighted by Crippen LogP contribution is -2.44. The second-order valence-electron chi connectivity index (χ2n) is 10.4. The fourth-order valence-electron chi connectivity index (χ4n) is 5.72. The van der Waals surface area contributed by atoms with Crippen LogP contribution in [0.4, 0.5) is 26.3 Å². The van der Waals surface area contributed by atoms with Gasteiger partial charge in [0.05, 0.1) is 16.5 Å². The predicted molar refractivity (Wildman–Crippen MR) is 129 cm³/mol. The molecule has 202 valence electrons. The van der Waals surface area contributed by atoms with Crippen LogP contribution in [0.15, 0.2) is 36.4 Å². The van der Waals surface area contributed by atoms with Crippen molar-refractivity contribution in [1.82, 2.24) is 10.6 Å². The third-order valence-electron chi connectivity index (χ3n) is 7.83. The summed E-state index contributed by atoms with van der Waals surface area (Å²) in [6.45, 7) is 3.41. The highest BCUT2D eigenvalue weighted by Crippen LogP contribution is 2.46. The number of nitrogens with one attached hydrogen (secondary N) is 2. The highest BCUT2D eigenvalue weighted by atomic mass is 35.5. The van der Waals surface area contributed by atoms with Gasteiger partial charge < -0.3 is 10.6 Å². The molecule has 2 N–H and O–H groups in total. The summed E-state index contributed by atoms with van der Waals surface area (Å²) in [5, 5.41) is 6.96. The van der Waals surface area contributed by atoms with Crippen LogP contribution < -0.4 is 10.6 Å². The summed E-state index contributed by atoms with van der Waals surface area (Å²) in [4.78, 5) is 13.4. The zero-order chi connectivity index (χ0) is 27.2. The fraction of sp³-hybridized carbons (Fsp3) is 0.519. The van der Waals surface area contributed by atoms with Crippen LogP contribution in [0, 0.1) is 11.3 Å². The molecule has 3 nitrogen and oxygen atoms in total. The summed E-state index contributed by atoms with van der Waals surface area (Å²) < 4.78 is 79.2. The van der Waals surface area contributed by atoms with Crippen LogP contribution >= 0.6 is 11.6 Å². The minimum absolute atomic E-state index is 0.0495. The van der Waals surface area contributed by atoms with Gasteiger partial charge in [0.15, 0.2) is 0 Å². The molecule has 2 aromatic carbocycles. The van der Waals surface area contributed by atoms with Gasteiger partial charge in [-0.05, 0) is 85.0 Å². The molecule has 0 aliphatic heterocycles. The molecule has 3 atom stereocenters. The Bertz CT molecular complexity index is 1130. The van der Waals surface area contributed by atoms with E-state index in [-0.39, 0.29) is 35.5 Å². The van der Waals surface area contributed by atoms with Crippen molar-refractivity contribution >= 4 is 17.5 Å². The van der Waals surface area contributed by atoms with Crippen LogP contribution in [-0.4, -0.2) is 11.9 Å². The Morgan fingerprint density at radius 2 is 1.68 bits per heavy atom. The largest absolute Gasteiger partial charge is 0.416 e. The minimum atomic E-state index is -4.94. The molecule has 4 rings (SSSR count). The number of alkyl halides is 6. The Morgan fingerprint density at radius 1 is 1.03 bits per heavy atom. The Hall–Kier alpha value is -2.26. The molecule has 0 bridgehead atoms. The summed E-state index contributed by atoms with van der Waals surface area (Å²) in [7, 11) is 0. The molecule has 1 amide bonds. The Labute approximate surface area is 217 Å². The SMILES string of the molecule is CC(C)[C@]1(C(=O)NCc2cc(C(F)(F)F)cc(C(F)(F)F)c2)CC[C@@H](NC2CCc3ccc(Cl)cc32)C1. The van der Waals surface area contributed by atoms with Gasteiger partial charge in [-0.2, -0.15) is 26.3 Å². The van der Waals surface area contributed by atoms with Crippen LogP contribution in [0.5, 0.6) is 0 Å². The molecule has 1 saturated carbocycles. The first-order valence-corrected chi connectivity index (χ1v) is 12.7. The van der Waals surface area contributed by atoms with Crippen molar-refractivity contribution in [2.24, 2.45) is 11.3 Å². The van der Waals surface area contributed by atoms with Crippen molar-refractivity contribution in [3.8, 4) is 0 Å². The van der Waals surface area contributed by atoms with Crippen LogP contribution in [0.25, 0.3) is 0 Å². The van der Waals surface area contributed by atoms with E-state index in [0.29, 0.717) is 30.0 Å². The zero-order valence-electron chi connectivity index (χ0n) is 20.5. The van der Waals surface area contributed by atoms with E-state index in [1.54, 1.807) is 0 Å². The molecule has 2 aromatic rings. The number of hydrogen-bond donors (Lipinski definition) is 2. The molecule has 1 fully saturated rings. The summed E-state index contributed by atoms with van der Waals surface area (Å²) in [6.07, 6.45) is -6.19. The van der Waals surface area contributed by atoms with E-state index < -0.39 is 35.4 Å². The van der Waals surface area contributed by atoms with Crippen molar-refractivity contribution < 1.29 is 31.1 Å². The van der Waals surface area contributed by atoms with E-state index in [0.717, 1.165) is 24.8 Å². The number of amides is 1. The summed E-state index contributed by atoms with van der Waals surface area (Å²) in [5.41, 5.74) is -1.42. The highest BCUT2D eigenvalue weighted by Gasteiger charge is 2.48. The molecule has 0 saturated heterocycles. The lowest BCUT2D eigenvalue weighted by atomic mass is 9.74. The van der Waals surface area contributed by atoms with Gasteiger partial charge in [0.25, 0.3) is 0 Å². The van der Waals surface area contributed by atoms with Gasteiger partial charge >= 0.3 is 12.4 Å². The molecule has 0 heterocycles. The van der Waals surface area contributed by atoms with E-state index in [2.05, 4.69) is 10.6 Å². The molecule has 2 aliphatic carbocycles. The lowest BCUT2D eigenvalue weighted by Gasteiger charge is -2.33. The molecular weight excluding hydrogens is 518 g/mol. The first kappa shape index (κ1) is 27.8. The molecule has 0 aromatic heterocycles. The molecule has 37 heavy (non-hydrogen) atoms. The number of aryl methyl sites for hydroxylation is 1. The van der Waals surface area contributed by atoms with E-state index >= 15 is 0 Å². The number of carbonyl (C=O) groups excluding carboxylic acids is 1. The van der Waals surface area contributed by atoms with E-state index in [1.807, 2.05) is 32.0 Å². The number of benzene rings is 2. The molecule has 2 aliphatic rings. The Morgan fingerprint density at radius 3 is 2.27 bits per heavy atom. The third kappa shape index (κ3) is 5.93. The van der Waals surface area contributed by atoms with Gasteiger partial charge in [0, 0.05) is 23.7 Å². The van der Waals surface area contributed by atoms with Crippen LogP contribution in [0.2, 0.25) is 5.02 Å². The predicted octanol–water partition coefficient (Wildman–Crippen LogP) is 7.47. The zero-order valence-corrected chi connectivity index (χ0v) is 21.2. The summed E-state index contributed by atoms with van der Waals surface area (Å²) in [5.74, 6) is -0.426. The molecular formula is C27H29ClF6N2O. The minimum Gasteiger partial charge on any atom is -0.352 e. The number of carbonyl (C=O) groups is 1. The maximum Gasteiger partial charge on any atom is 0.416 e. The lowest BCUT2D eigenvalue weighted by molar-refractivity contribution is -0.143. The summed E-state index contributed by atoms with van der Waals surface area (Å²) in [6, 6.07) is 7.42. The van der Waals surface area contributed by atoms with Crippen molar-refractivity contribution in [3.05, 3.63) is 69.2 Å². The maximum atomic E-state index is 13.4. The smallest absolute Gasteiger partial charge is 0.352 e. The van der Waals surface area contributed by atoms with Gasteiger partial charge in [0.2, 0.25) is 5.91 Å². The van der Waals surface area contributed by atoms with Crippen LogP contribution in [0.3, 0.4) is 0 Å². The van der Waals surface area contributed by atoms with Crippen molar-refractivity contribution in [3.63, 3.8) is 0 Å². The van der Waals surface area contributed by atoms with Gasteiger partial charge in [-0.15, -0.1) is 0 Å². The van der Waals surface area contributed by atoms with E-state index in [1.165, 1.54) is 5.56 Å². The van der Waals surface area contributed by atoms with Crippen molar-refractivity contribution in [2.45, 2.75) is 76.9 Å². The second kappa shape index (κ2) is 10.1. The molecule has 1 unspecified atom stereocenters. The molecule has 0 spiro atoms. The highest BCUT2D eigenvalue weighted by molar-refractivity contribution is 6.30. The normalized spacial score (nSPS) is 23.9. The van der Waals surface area contributed by atoms with E-state index in [9.17, 15) is 31.1 Å². The molecule has 10 heteroatoms. The fourth-order valence-corrected chi connectivity index (χ4v) is 5.90. The van der Waals surface area contributed by atoms with Gasteiger partial charge in [-0.25, -0.2) is 0 Å². The average Bonchev–Trinajstić information content (AvgIpc) is 3.41. The summed E-state index contributed by atoms with van der Waals surface area (Å²) >= 11 is 6.18. The van der Waals surface area contributed by atoms with Crippen LogP contribution in [-0.2, 0) is 30.1 Å². The monoisotopic (exact) mass is 546 g/mol. The number of fused-ring (bicyclic) bond motifs is 1. The van der Waals surface area contributed by atoms with Crippen LogP contribution in [0.1, 0.15) is 73.4 Å². The first-order chi connectivity index (χ1) is 17.2. The van der Waals surface area contributed by atoms with E-state index in [4.69, 9.17) is 11.6 Å². The number of halogens is 7. The van der Waals surface area contributed by atoms with Gasteiger partial charge in [-0.3, -0.25) is 4.79 Å². The van der Waals surface area contributed by atoms with Gasteiger partial charge in [0.1, 0.15) is 0 Å². The van der Waals surface area contributed by atoms with Crippen molar-refractivity contribution in [2.75, 3.05) is 0 Å². The average molecular weight is 547 g/mol. The standard InChI is InChI=1S/C27H29ClF6N2O/c1-15(2)25(8-7-21(13-25)36-23-6-4-17-3-5-20(28)12-22(17)23)24(37)35-14-16-9-18(26(29,30)31)11-19(10-16)27(32,33)34/h3,5,9-12,15,21,23,36H,4,6-8,13-14H2,1-2H3,(H,35,37)/t21-,23?,25+/m1/s1. The third-order valence-corrected chi connectivity index (χ3v) is 8.07. The van der Waals surface area contributed by atoms with Gasteiger partial charge in [-0.1, -0.05) is 31.5 Å². The number of hydrogen-bond acceptors (Lipinski definition) is 2. The second-order valence-corrected chi connectivity index (χ2v) is 10.9. The van der Waals surface area contributed by atoms with Crippen molar-refractivity contribution in [1.29, 1.82) is 0 Å². The maximum absolute atomic E-state index is 13.4. The topological polar surface area (TPSA) is 41.1 Å². The Balaban J connectivity index is 1.47. The first-order valence-electron chi connectivity index (χ1n) is 12.3. The Kier molecular flexibility index (Phi) is 7.60. The molecule has 0 radical (unpaired) electrons.